The first-order chi connectivity index (χ1) is 8.79. The maximum absolute atomic E-state index is 5.20. The highest BCUT2D eigenvalue weighted by molar-refractivity contribution is 5.25. The average molecular weight is 246 g/mol. The van der Waals surface area contributed by atoms with Crippen LogP contribution in [0.1, 0.15) is 11.1 Å². The molecule has 5 nitrogen and oxygen atoms in total. The molecule has 0 spiro atoms. The minimum Gasteiger partial charge on any atom is -0.481 e. The fourth-order valence-electron chi connectivity index (χ4n) is 1.80. The Morgan fingerprint density at radius 1 is 1.44 bits per heavy atom. The summed E-state index contributed by atoms with van der Waals surface area (Å²) in [6, 6.07) is 3.93. The Hall–Kier alpha value is -1.88. The molecular formula is C13H18N4O. The van der Waals surface area contributed by atoms with Crippen LogP contribution in [0.25, 0.3) is 0 Å². The summed E-state index contributed by atoms with van der Waals surface area (Å²) in [5, 5.41) is 7.52. The second-order valence-electron chi connectivity index (χ2n) is 4.12. The molecule has 1 N–H and O–H groups in total. The Balaban J connectivity index is 1.78. The summed E-state index contributed by atoms with van der Waals surface area (Å²) in [4.78, 5) is 4.16. The molecule has 0 aromatic carbocycles. The van der Waals surface area contributed by atoms with E-state index in [2.05, 4.69) is 15.4 Å². The Kier molecular flexibility index (Phi) is 4.30. The highest BCUT2D eigenvalue weighted by atomic mass is 16.5. The van der Waals surface area contributed by atoms with E-state index in [-0.39, 0.29) is 0 Å². The molecule has 0 aliphatic carbocycles. The van der Waals surface area contributed by atoms with E-state index in [0.29, 0.717) is 5.88 Å². The lowest BCUT2D eigenvalue weighted by Crippen LogP contribution is -2.17. The van der Waals surface area contributed by atoms with Crippen molar-refractivity contribution in [2.24, 2.45) is 7.05 Å². The Bertz CT molecular complexity index is 495. The quantitative estimate of drug-likeness (QED) is 0.777. The van der Waals surface area contributed by atoms with E-state index in [0.717, 1.165) is 25.1 Å². The van der Waals surface area contributed by atoms with Gasteiger partial charge in [-0.15, -0.1) is 0 Å². The van der Waals surface area contributed by atoms with E-state index in [1.165, 1.54) is 5.56 Å². The predicted octanol–water partition coefficient (Wildman–Crippen LogP) is 1.16. The minimum atomic E-state index is 0.686. The van der Waals surface area contributed by atoms with Crippen molar-refractivity contribution in [3.63, 3.8) is 0 Å². The minimum absolute atomic E-state index is 0.686. The third-order valence-electron chi connectivity index (χ3n) is 2.71. The van der Waals surface area contributed by atoms with E-state index in [1.807, 2.05) is 36.3 Å². The molecule has 5 heteroatoms. The maximum Gasteiger partial charge on any atom is 0.217 e. The van der Waals surface area contributed by atoms with Gasteiger partial charge in [-0.2, -0.15) is 5.10 Å². The summed E-state index contributed by atoms with van der Waals surface area (Å²) >= 11 is 0. The van der Waals surface area contributed by atoms with Crippen LogP contribution < -0.4 is 10.1 Å². The molecular weight excluding hydrogens is 228 g/mol. The van der Waals surface area contributed by atoms with Gasteiger partial charge in [0.25, 0.3) is 0 Å². The van der Waals surface area contributed by atoms with Crippen molar-refractivity contribution in [1.29, 1.82) is 0 Å². The number of hydrogen-bond donors (Lipinski definition) is 1. The van der Waals surface area contributed by atoms with E-state index < -0.39 is 0 Å². The van der Waals surface area contributed by atoms with Gasteiger partial charge in [-0.3, -0.25) is 4.68 Å². The molecule has 0 amide bonds. The van der Waals surface area contributed by atoms with E-state index in [4.69, 9.17) is 4.74 Å². The van der Waals surface area contributed by atoms with Crippen molar-refractivity contribution in [2.45, 2.75) is 13.0 Å². The SMILES string of the molecule is COc1ncccc1CNCCc1cnn(C)c1. The molecule has 0 radical (unpaired) electrons. The third kappa shape index (κ3) is 3.30. The molecule has 18 heavy (non-hydrogen) atoms. The highest BCUT2D eigenvalue weighted by Crippen LogP contribution is 2.12. The lowest BCUT2D eigenvalue weighted by atomic mass is 10.2. The average Bonchev–Trinajstić information content (AvgIpc) is 2.81. The van der Waals surface area contributed by atoms with Gasteiger partial charge in [0, 0.05) is 31.5 Å². The Morgan fingerprint density at radius 3 is 3.06 bits per heavy atom. The molecule has 2 heterocycles. The third-order valence-corrected chi connectivity index (χ3v) is 2.71. The van der Waals surface area contributed by atoms with Gasteiger partial charge in [-0.05, 0) is 24.6 Å². The molecule has 2 aromatic rings. The van der Waals surface area contributed by atoms with Crippen molar-refractivity contribution in [2.75, 3.05) is 13.7 Å². The Morgan fingerprint density at radius 2 is 2.33 bits per heavy atom. The van der Waals surface area contributed by atoms with Crippen LogP contribution in [0.15, 0.2) is 30.7 Å². The standard InChI is InChI=1S/C13H18N4O/c1-17-10-11(8-16-17)5-7-14-9-12-4-3-6-15-13(12)18-2/h3-4,6,8,10,14H,5,7,9H2,1-2H3. The topological polar surface area (TPSA) is 52.0 Å². The molecule has 0 unspecified atom stereocenters. The van der Waals surface area contributed by atoms with Crippen molar-refractivity contribution in [3.8, 4) is 5.88 Å². The molecule has 2 rings (SSSR count). The Labute approximate surface area is 107 Å². The second kappa shape index (κ2) is 6.16. The number of nitrogens with zero attached hydrogens (tertiary/aromatic N) is 3. The fraction of sp³-hybridized carbons (Fsp3) is 0.385. The lowest BCUT2D eigenvalue weighted by Gasteiger charge is -2.07. The molecule has 96 valence electrons. The van der Waals surface area contributed by atoms with Crippen molar-refractivity contribution >= 4 is 0 Å². The zero-order chi connectivity index (χ0) is 12.8. The van der Waals surface area contributed by atoms with Gasteiger partial charge in [0.05, 0.1) is 13.3 Å². The van der Waals surface area contributed by atoms with E-state index in [9.17, 15) is 0 Å². The van der Waals surface area contributed by atoms with Crippen LogP contribution in [0, 0.1) is 0 Å². The smallest absolute Gasteiger partial charge is 0.217 e. The summed E-state index contributed by atoms with van der Waals surface area (Å²) in [6.45, 7) is 1.67. The van der Waals surface area contributed by atoms with Crippen molar-refractivity contribution in [3.05, 3.63) is 41.9 Å². The second-order valence-corrected chi connectivity index (χ2v) is 4.12. The van der Waals surface area contributed by atoms with E-state index >= 15 is 0 Å². The number of pyridine rings is 1. The first-order valence-corrected chi connectivity index (χ1v) is 5.95. The maximum atomic E-state index is 5.20. The lowest BCUT2D eigenvalue weighted by molar-refractivity contribution is 0.390. The van der Waals surface area contributed by atoms with Crippen molar-refractivity contribution < 1.29 is 4.74 Å². The number of aromatic nitrogens is 3. The number of methoxy groups -OCH3 is 1. The summed E-state index contributed by atoms with van der Waals surface area (Å²) in [5.41, 5.74) is 2.31. The summed E-state index contributed by atoms with van der Waals surface area (Å²) < 4.78 is 7.02. The number of aryl methyl sites for hydroxylation is 1. The first-order valence-electron chi connectivity index (χ1n) is 5.95. The van der Waals surface area contributed by atoms with Crippen LogP contribution in [0.4, 0.5) is 0 Å². The van der Waals surface area contributed by atoms with Crippen LogP contribution >= 0.6 is 0 Å². The first kappa shape index (κ1) is 12.6. The van der Waals surface area contributed by atoms with Crippen LogP contribution in [0.5, 0.6) is 5.88 Å². The summed E-state index contributed by atoms with van der Waals surface area (Å²) in [7, 11) is 3.57. The van der Waals surface area contributed by atoms with Crippen LogP contribution in [0.2, 0.25) is 0 Å². The number of hydrogen-bond acceptors (Lipinski definition) is 4. The molecule has 0 atom stereocenters. The van der Waals surface area contributed by atoms with Gasteiger partial charge >= 0.3 is 0 Å². The van der Waals surface area contributed by atoms with Gasteiger partial charge < -0.3 is 10.1 Å². The zero-order valence-electron chi connectivity index (χ0n) is 10.8. The molecule has 2 aromatic heterocycles. The van der Waals surface area contributed by atoms with Gasteiger partial charge in [0.1, 0.15) is 0 Å². The number of rotatable bonds is 6. The molecule has 0 bridgehead atoms. The van der Waals surface area contributed by atoms with E-state index in [1.54, 1.807) is 13.3 Å². The molecule has 0 aliphatic heterocycles. The highest BCUT2D eigenvalue weighted by Gasteiger charge is 2.02. The predicted molar refractivity (Wildman–Crippen MR) is 69.4 cm³/mol. The number of ether oxygens (including phenoxy) is 1. The fourth-order valence-corrected chi connectivity index (χ4v) is 1.80. The van der Waals surface area contributed by atoms with Crippen LogP contribution in [-0.2, 0) is 20.0 Å². The van der Waals surface area contributed by atoms with Gasteiger partial charge in [-0.1, -0.05) is 6.07 Å². The normalized spacial score (nSPS) is 10.6. The molecule has 0 fully saturated rings. The monoisotopic (exact) mass is 246 g/mol. The molecule has 0 saturated carbocycles. The number of nitrogens with one attached hydrogen (secondary N) is 1. The van der Waals surface area contributed by atoms with Gasteiger partial charge in [0.15, 0.2) is 0 Å². The largest absolute Gasteiger partial charge is 0.481 e. The molecule has 0 saturated heterocycles. The zero-order valence-corrected chi connectivity index (χ0v) is 10.8. The molecule has 0 aliphatic rings. The van der Waals surface area contributed by atoms with Crippen LogP contribution in [-0.4, -0.2) is 28.4 Å². The summed E-state index contributed by atoms with van der Waals surface area (Å²) in [6.07, 6.45) is 6.63. The van der Waals surface area contributed by atoms with Crippen molar-refractivity contribution in [1.82, 2.24) is 20.1 Å². The summed E-state index contributed by atoms with van der Waals surface area (Å²) in [5.74, 6) is 0.686. The van der Waals surface area contributed by atoms with Gasteiger partial charge in [-0.25, -0.2) is 4.98 Å². The van der Waals surface area contributed by atoms with Gasteiger partial charge in [0.2, 0.25) is 5.88 Å². The van der Waals surface area contributed by atoms with Crippen LogP contribution in [0.3, 0.4) is 0 Å².